The van der Waals surface area contributed by atoms with E-state index in [4.69, 9.17) is 14.2 Å². The molecular formula is C111H222N8O7W5. The van der Waals surface area contributed by atoms with Crippen LogP contribution >= 0.6 is 0 Å². The van der Waals surface area contributed by atoms with Crippen LogP contribution < -0.4 is 0 Å². The molecule has 0 aromatic rings. The van der Waals surface area contributed by atoms with Gasteiger partial charge in [-0.1, -0.05) is 248 Å². The Bertz CT molecular complexity index is 2430. The Labute approximate surface area is 893 Å². The topological polar surface area (TPSA) is 122 Å². The number of ether oxygens (including phenoxy) is 3. The minimum Gasteiger partial charge on any atom is -0.380 e. The van der Waals surface area contributed by atoms with Gasteiger partial charge in [-0.25, -0.2) is 0 Å². The molecule has 0 atom stereocenters. The van der Waals surface area contributed by atoms with E-state index >= 15 is 0 Å². The molecule has 8 rings (SSSR count). The molecule has 8 fully saturated rings. The number of nitrogens with zero attached hydrogens (tertiary/aromatic N) is 8. The maximum atomic E-state index is 10.4. The van der Waals surface area contributed by atoms with Crippen LogP contribution in [-0.2, 0) is 139 Å². The Morgan fingerprint density at radius 1 is 0.267 bits per heavy atom. The maximum Gasteiger partial charge on any atom is 2.00 e. The summed E-state index contributed by atoms with van der Waals surface area (Å²) in [5.74, 6) is 8.03. The van der Waals surface area contributed by atoms with E-state index in [1.807, 2.05) is 13.8 Å². The van der Waals surface area contributed by atoms with Gasteiger partial charge in [0.05, 0.1) is 32.2 Å². The van der Waals surface area contributed by atoms with Gasteiger partial charge in [0.2, 0.25) is 0 Å². The van der Waals surface area contributed by atoms with Gasteiger partial charge in [0.15, 0.2) is 0 Å². The van der Waals surface area contributed by atoms with Gasteiger partial charge < -0.3 is 137 Å². The summed E-state index contributed by atoms with van der Waals surface area (Å²) in [6.45, 7) is 151. The van der Waals surface area contributed by atoms with Gasteiger partial charge in [0.25, 0.3) is 0 Å². The number of likely N-dealkylation sites (tertiary alicyclic amines) is 8. The van der Waals surface area contributed by atoms with Gasteiger partial charge in [0, 0.05) is 85.0 Å². The van der Waals surface area contributed by atoms with Gasteiger partial charge in [-0.15, -0.1) is 45.6 Å². The van der Waals surface area contributed by atoms with Crippen LogP contribution in [0.5, 0.6) is 0 Å². The van der Waals surface area contributed by atoms with Gasteiger partial charge in [-0.2, -0.15) is 19.3 Å². The number of ketones is 4. The fraction of sp³-hybridized carbons (Fsp3) is 0.874. The third-order valence-electron chi connectivity index (χ3n) is 25.6. The molecule has 0 aliphatic carbocycles. The van der Waals surface area contributed by atoms with Gasteiger partial charge in [-0.05, 0) is 206 Å². The first-order valence-corrected chi connectivity index (χ1v) is 50.1. The molecule has 0 aromatic heterocycles. The van der Waals surface area contributed by atoms with E-state index in [0.717, 1.165) is 165 Å². The maximum absolute atomic E-state index is 10.4. The molecule has 0 saturated carbocycles. The number of Topliss-reactive ketones (excluding diaryl/α,β-unsaturated/α-hetero) is 4. The summed E-state index contributed by atoms with van der Waals surface area (Å²) in [5, 5.41) is 0. The zero-order chi connectivity index (χ0) is 99.1. The summed E-state index contributed by atoms with van der Waals surface area (Å²) in [6.07, 6.45) is 10.8. The summed E-state index contributed by atoms with van der Waals surface area (Å²) in [4.78, 5) is 59.7. The van der Waals surface area contributed by atoms with Crippen LogP contribution in [0.2, 0.25) is 0 Å². The first kappa shape index (κ1) is 153. The SMILES string of the molecule is CC(C)(C)CCOCCN1CC(C(C)(C)C)C1.CC(C)(C)COCCN1CC(C(C)(C)C)C1.CCCCOCCN1CC(C(C)(C)C)C1.[CH2-]CC(=O)CC.[CH2-]CC(C)=O.[CH2-]CCC.[CH2-]CCC(=O)CC.[CH2-]CCC(C)=O.[CH2-]CN1CC(C(C)(C)C)C1.[CH2-]CN1CC(C(C)(C)C)C1.[CH2-]CN1CC(C(C)(C)C)C1.[CH2-]CN1CC(C(C)(C)C)C1.[CH2-]CN1CC(C(C)(C)C)C1.[W+2].[W+2].[W+2].[W+2].[W+2]. The molecule has 0 aromatic carbocycles. The minimum absolute atomic E-state index is 0. The van der Waals surface area contributed by atoms with Crippen molar-refractivity contribution < 1.29 is 139 Å². The quantitative estimate of drug-likeness (QED) is 0.0521. The molecule has 0 bridgehead atoms. The van der Waals surface area contributed by atoms with E-state index in [0.29, 0.717) is 98.5 Å². The monoisotopic (exact) mass is 2700 g/mol. The molecule has 0 unspecified atom stereocenters. The van der Waals surface area contributed by atoms with Crippen molar-refractivity contribution in [2.45, 2.75) is 333 Å². The van der Waals surface area contributed by atoms with Crippen LogP contribution in [0.15, 0.2) is 0 Å². The van der Waals surface area contributed by atoms with Crippen molar-refractivity contribution in [2.75, 3.05) is 197 Å². The molecule has 8 saturated heterocycles. The Balaban J connectivity index is -0.000000153. The number of unbranched alkanes of at least 4 members (excludes halogenated alkanes) is 2. The number of hydrogen-bond donors (Lipinski definition) is 0. The predicted octanol–water partition coefficient (Wildman–Crippen LogP) is 24.6. The molecule has 20 heteroatoms. The predicted molar refractivity (Wildman–Crippen MR) is 554 cm³/mol. The number of rotatable bonds is 29. The molecule has 0 spiro atoms. The van der Waals surface area contributed by atoms with E-state index < -0.39 is 0 Å². The molecule has 15 nitrogen and oxygen atoms in total. The molecule has 0 amide bonds. The van der Waals surface area contributed by atoms with Crippen LogP contribution in [0.25, 0.3) is 0 Å². The Morgan fingerprint density at radius 2 is 0.481 bits per heavy atom. The summed E-state index contributed by atoms with van der Waals surface area (Å²) in [6, 6.07) is 0. The molecular weight excluding hydrogens is 2480 g/mol. The third kappa shape index (κ3) is 83.7. The van der Waals surface area contributed by atoms with E-state index in [9.17, 15) is 19.2 Å². The molecule has 0 N–H and O–H groups in total. The Morgan fingerprint density at radius 3 is 0.611 bits per heavy atom. The van der Waals surface area contributed by atoms with Gasteiger partial charge >= 0.3 is 105 Å². The first-order valence-electron chi connectivity index (χ1n) is 50.1. The zero-order valence-electron chi connectivity index (χ0n) is 93.6. The third-order valence-corrected chi connectivity index (χ3v) is 25.6. The van der Waals surface area contributed by atoms with Gasteiger partial charge in [0.1, 0.15) is 17.3 Å². The zero-order valence-corrected chi connectivity index (χ0v) is 108. The fourth-order valence-electron chi connectivity index (χ4n) is 13.0. The standard InChI is InChI=1S/C15H31NO.C14H29NO.C13H27NO.5C9H18N.C6H11O.2C5H9O.C4H7O.C4H9.5W/c1-14(2,3)7-9-17-10-8-16-11-13(12-16)15(4,5)6;1-13(2,3)11-16-8-7-15-9-12(10-15)14(4,5)6;1-5-6-8-15-9-7-14-10-12(11-14)13(2,3)4;5*1-5-10-6-8(7-10)9(2,3)4;1-3-5-6(7)4-2;1-3-4-5(2)6;1-3-5(6)4-2;1-3-4(2)5;1-3-4-2;;;;;/h13H,7-12H2,1-6H3;12H,7-11H2,1-6H3;12H,5-11H2,1-4H3;5*8H,1,5-7H2,2-4H3;1,3-5H2,2H3;2*1,3-4H2,2H3;1,3H2,2H3;1,3-4H2,2H3;;;;;/q;;;10*-1;5*+2. The normalized spacial score (nSPS) is 17.6. The second-order valence-corrected chi connectivity index (χ2v) is 48.3. The van der Waals surface area contributed by atoms with Crippen LogP contribution in [0.1, 0.15) is 333 Å². The first-order chi connectivity index (χ1) is 57.7. The van der Waals surface area contributed by atoms with E-state index in [1.165, 1.54) is 131 Å². The molecule has 0 radical (unpaired) electrons. The van der Waals surface area contributed by atoms with Crippen molar-refractivity contribution in [3.8, 4) is 0 Å². The van der Waals surface area contributed by atoms with Crippen LogP contribution in [0.4, 0.5) is 0 Å². The van der Waals surface area contributed by atoms with Crippen molar-refractivity contribution in [3.05, 3.63) is 69.2 Å². The Hall–Kier alpha value is 1.68. The Kier molecular flexibility index (Phi) is 93.3. The van der Waals surface area contributed by atoms with Crippen LogP contribution in [0, 0.1) is 171 Å². The number of carbonyl (C=O) groups excluding carboxylic acids is 4. The largest absolute Gasteiger partial charge is 2.00 e. The minimum atomic E-state index is 0. The molecule has 778 valence electrons. The van der Waals surface area contributed by atoms with E-state index in [-0.39, 0.29) is 123 Å². The molecule has 8 aliphatic heterocycles. The van der Waals surface area contributed by atoms with Crippen molar-refractivity contribution in [3.63, 3.8) is 0 Å². The summed E-state index contributed by atoms with van der Waals surface area (Å²) >= 11 is 0. The van der Waals surface area contributed by atoms with Crippen molar-refractivity contribution >= 4 is 23.1 Å². The molecule has 131 heavy (non-hydrogen) atoms. The average Bonchev–Trinajstić information content (AvgIpc) is 0.820. The van der Waals surface area contributed by atoms with E-state index in [1.54, 1.807) is 6.92 Å². The van der Waals surface area contributed by atoms with Crippen molar-refractivity contribution in [1.82, 2.24) is 39.2 Å². The molecule has 8 heterocycles. The summed E-state index contributed by atoms with van der Waals surface area (Å²) in [5.41, 5.74) is 4.66. The second-order valence-electron chi connectivity index (χ2n) is 48.3. The molecule has 8 aliphatic rings. The van der Waals surface area contributed by atoms with Gasteiger partial charge in [-0.3, -0.25) is 4.79 Å². The van der Waals surface area contributed by atoms with E-state index in [2.05, 4.69) is 330 Å². The summed E-state index contributed by atoms with van der Waals surface area (Å²) in [7, 11) is 0. The van der Waals surface area contributed by atoms with Crippen LogP contribution in [-0.4, -0.2) is 259 Å². The second kappa shape index (κ2) is 80.0. The smallest absolute Gasteiger partial charge is 0.380 e. The van der Waals surface area contributed by atoms with Crippen LogP contribution in [0.3, 0.4) is 0 Å². The van der Waals surface area contributed by atoms with Crippen molar-refractivity contribution in [2.24, 2.45) is 101 Å². The summed E-state index contributed by atoms with van der Waals surface area (Å²) < 4.78 is 16.9. The number of hydrogen-bond acceptors (Lipinski definition) is 15. The van der Waals surface area contributed by atoms with Crippen molar-refractivity contribution in [1.29, 1.82) is 0 Å². The fourth-order valence-corrected chi connectivity index (χ4v) is 13.0. The number of carbonyl (C=O) groups is 4. The average molecular weight is 2700 g/mol.